The Morgan fingerprint density at radius 3 is 2.50 bits per heavy atom. The van der Waals surface area contributed by atoms with Crippen LogP contribution >= 0.6 is 11.6 Å². The number of para-hydroxylation sites is 1. The molecule has 3 rings (SSSR count). The molecule has 1 aliphatic heterocycles. The highest BCUT2D eigenvalue weighted by Gasteiger charge is 2.26. The van der Waals surface area contributed by atoms with Gasteiger partial charge in [0, 0.05) is 13.1 Å². The van der Waals surface area contributed by atoms with Crippen LogP contribution in [0.15, 0.2) is 53.4 Å². The van der Waals surface area contributed by atoms with E-state index in [1.807, 2.05) is 6.92 Å². The summed E-state index contributed by atoms with van der Waals surface area (Å²) in [5.74, 6) is 0.710. The lowest BCUT2D eigenvalue weighted by molar-refractivity contribution is -0.128. The molecule has 0 bridgehead atoms. The average molecular weight is 483 g/mol. The Balaban J connectivity index is 1.45. The highest BCUT2D eigenvalue weighted by atomic mass is 35.5. The summed E-state index contributed by atoms with van der Waals surface area (Å²) in [4.78, 5) is 12.6. The van der Waals surface area contributed by atoms with Crippen LogP contribution in [0.4, 0.5) is 0 Å². The van der Waals surface area contributed by atoms with Crippen molar-refractivity contribution in [3.05, 3.63) is 53.6 Å². The van der Waals surface area contributed by atoms with Gasteiger partial charge < -0.3 is 19.5 Å². The second-order valence-corrected chi connectivity index (χ2v) is 9.42. The van der Waals surface area contributed by atoms with Crippen LogP contribution in [-0.4, -0.2) is 64.2 Å². The molecule has 2 aromatic carbocycles. The second kappa shape index (κ2) is 11.5. The number of halogens is 1. The monoisotopic (exact) mass is 482 g/mol. The van der Waals surface area contributed by atoms with Gasteiger partial charge in [-0.2, -0.15) is 4.31 Å². The van der Waals surface area contributed by atoms with Gasteiger partial charge in [0.15, 0.2) is 6.10 Å². The van der Waals surface area contributed by atoms with E-state index in [-0.39, 0.29) is 24.0 Å². The van der Waals surface area contributed by atoms with E-state index in [1.54, 1.807) is 36.4 Å². The molecular weight excluding hydrogens is 456 g/mol. The summed E-state index contributed by atoms with van der Waals surface area (Å²) in [5, 5.41) is 3.22. The maximum Gasteiger partial charge on any atom is 0.261 e. The molecule has 1 N–H and O–H groups in total. The van der Waals surface area contributed by atoms with E-state index < -0.39 is 16.1 Å². The smallest absolute Gasteiger partial charge is 0.261 e. The van der Waals surface area contributed by atoms with Crippen molar-refractivity contribution < 1.29 is 27.4 Å². The molecule has 1 amide bonds. The van der Waals surface area contributed by atoms with Gasteiger partial charge in [0.25, 0.3) is 5.91 Å². The summed E-state index contributed by atoms with van der Waals surface area (Å²) < 4.78 is 43.2. The first-order chi connectivity index (χ1) is 15.4. The van der Waals surface area contributed by atoms with Crippen LogP contribution < -0.4 is 14.8 Å². The van der Waals surface area contributed by atoms with Crippen LogP contribution in [0.3, 0.4) is 0 Å². The SMILES string of the molecule is CC[C@@H](Oc1ccccc1Cl)C(=O)NCCOc1ccc(S(=O)(=O)N2CCOCC2)cc1. The fourth-order valence-corrected chi connectivity index (χ4v) is 4.70. The van der Waals surface area contributed by atoms with Crippen molar-refractivity contribution in [2.24, 2.45) is 0 Å². The third-order valence-corrected chi connectivity index (χ3v) is 7.10. The van der Waals surface area contributed by atoms with Crippen molar-refractivity contribution in [3.63, 3.8) is 0 Å². The number of carbonyl (C=O) groups excluding carboxylic acids is 1. The van der Waals surface area contributed by atoms with Crippen LogP contribution in [-0.2, 0) is 19.6 Å². The maximum atomic E-state index is 12.6. The third-order valence-electron chi connectivity index (χ3n) is 4.87. The fourth-order valence-electron chi connectivity index (χ4n) is 3.12. The number of nitrogens with zero attached hydrogens (tertiary/aromatic N) is 1. The van der Waals surface area contributed by atoms with Gasteiger partial charge in [0.1, 0.15) is 18.1 Å². The summed E-state index contributed by atoms with van der Waals surface area (Å²) >= 11 is 6.09. The lowest BCUT2D eigenvalue weighted by Gasteiger charge is -2.26. The van der Waals surface area contributed by atoms with Crippen LogP contribution in [0, 0.1) is 0 Å². The number of hydrogen-bond donors (Lipinski definition) is 1. The average Bonchev–Trinajstić information content (AvgIpc) is 2.82. The van der Waals surface area contributed by atoms with E-state index >= 15 is 0 Å². The number of hydrogen-bond acceptors (Lipinski definition) is 6. The number of benzene rings is 2. The van der Waals surface area contributed by atoms with Crippen LogP contribution in [0.2, 0.25) is 5.02 Å². The first-order valence-electron chi connectivity index (χ1n) is 10.4. The molecule has 32 heavy (non-hydrogen) atoms. The van der Waals surface area contributed by atoms with E-state index in [2.05, 4.69) is 5.32 Å². The van der Waals surface area contributed by atoms with Crippen molar-refractivity contribution >= 4 is 27.5 Å². The largest absolute Gasteiger partial charge is 0.492 e. The Bertz CT molecular complexity index is 994. The Hall–Kier alpha value is -2.33. The Kier molecular flexibility index (Phi) is 8.75. The quantitative estimate of drug-likeness (QED) is 0.523. The minimum absolute atomic E-state index is 0.211. The summed E-state index contributed by atoms with van der Waals surface area (Å²) in [6, 6.07) is 13.2. The minimum atomic E-state index is -3.54. The third kappa shape index (κ3) is 6.35. The zero-order valence-corrected chi connectivity index (χ0v) is 19.4. The predicted molar refractivity (Wildman–Crippen MR) is 121 cm³/mol. The van der Waals surface area contributed by atoms with Gasteiger partial charge in [-0.25, -0.2) is 8.42 Å². The molecule has 0 aromatic heterocycles. The van der Waals surface area contributed by atoms with Gasteiger partial charge >= 0.3 is 0 Å². The molecule has 0 radical (unpaired) electrons. The first kappa shape index (κ1) is 24.3. The van der Waals surface area contributed by atoms with Crippen molar-refractivity contribution in [1.29, 1.82) is 0 Å². The Morgan fingerprint density at radius 2 is 1.84 bits per heavy atom. The first-order valence-corrected chi connectivity index (χ1v) is 12.2. The van der Waals surface area contributed by atoms with Gasteiger partial charge in [-0.3, -0.25) is 4.79 Å². The summed E-state index contributed by atoms with van der Waals surface area (Å²) in [6.45, 7) is 3.84. The molecule has 174 valence electrons. The van der Waals surface area contributed by atoms with Crippen molar-refractivity contribution in [3.8, 4) is 11.5 Å². The normalized spacial score (nSPS) is 15.7. The van der Waals surface area contributed by atoms with E-state index in [1.165, 1.54) is 16.4 Å². The molecule has 1 aliphatic rings. The molecule has 1 fully saturated rings. The number of ether oxygens (including phenoxy) is 3. The summed E-state index contributed by atoms with van der Waals surface area (Å²) in [5.41, 5.74) is 0. The van der Waals surface area contributed by atoms with Gasteiger partial charge in [-0.15, -0.1) is 0 Å². The topological polar surface area (TPSA) is 94.2 Å². The zero-order valence-electron chi connectivity index (χ0n) is 17.8. The Labute approximate surface area is 193 Å². The molecule has 8 nitrogen and oxygen atoms in total. The molecule has 0 spiro atoms. The number of amides is 1. The van der Waals surface area contributed by atoms with E-state index in [0.29, 0.717) is 49.2 Å². The lowest BCUT2D eigenvalue weighted by Crippen LogP contribution is -2.40. The molecule has 1 saturated heterocycles. The second-order valence-electron chi connectivity index (χ2n) is 7.07. The van der Waals surface area contributed by atoms with Gasteiger partial charge in [-0.1, -0.05) is 30.7 Å². The maximum absolute atomic E-state index is 12.6. The molecule has 10 heteroatoms. The van der Waals surface area contributed by atoms with Crippen LogP contribution in [0.5, 0.6) is 11.5 Å². The van der Waals surface area contributed by atoms with Gasteiger partial charge in [-0.05, 0) is 42.8 Å². The van der Waals surface area contributed by atoms with Crippen molar-refractivity contribution in [2.45, 2.75) is 24.3 Å². The molecular formula is C22H27ClN2O6S. The molecule has 0 aliphatic carbocycles. The molecule has 2 aromatic rings. The van der Waals surface area contributed by atoms with Crippen LogP contribution in [0.1, 0.15) is 13.3 Å². The minimum Gasteiger partial charge on any atom is -0.492 e. The van der Waals surface area contributed by atoms with Crippen molar-refractivity contribution in [2.75, 3.05) is 39.5 Å². The summed E-state index contributed by atoms with van der Waals surface area (Å²) in [6.07, 6.45) is -0.184. The fraction of sp³-hybridized carbons (Fsp3) is 0.409. The predicted octanol–water partition coefficient (Wildman–Crippen LogP) is 2.71. The zero-order chi connectivity index (χ0) is 23.0. The number of nitrogens with one attached hydrogen (secondary N) is 1. The molecule has 0 saturated carbocycles. The van der Waals surface area contributed by atoms with Gasteiger partial charge in [0.2, 0.25) is 10.0 Å². The standard InChI is InChI=1S/C22H27ClN2O6S/c1-2-20(31-21-6-4-3-5-19(21)23)22(26)24-11-14-30-17-7-9-18(10-8-17)32(27,28)25-12-15-29-16-13-25/h3-10,20H,2,11-16H2,1H3,(H,24,26)/t20-/m1/s1. The highest BCUT2D eigenvalue weighted by Crippen LogP contribution is 2.25. The molecule has 1 atom stereocenters. The van der Waals surface area contributed by atoms with E-state index in [4.69, 9.17) is 25.8 Å². The van der Waals surface area contributed by atoms with Gasteiger partial charge in [0.05, 0.1) is 29.7 Å². The summed E-state index contributed by atoms with van der Waals surface area (Å²) in [7, 11) is -3.54. The molecule has 1 heterocycles. The lowest BCUT2D eigenvalue weighted by atomic mass is 10.2. The Morgan fingerprint density at radius 1 is 1.16 bits per heavy atom. The number of carbonyl (C=O) groups is 1. The molecule has 0 unspecified atom stereocenters. The number of morpholine rings is 1. The highest BCUT2D eigenvalue weighted by molar-refractivity contribution is 7.89. The van der Waals surface area contributed by atoms with E-state index in [9.17, 15) is 13.2 Å². The van der Waals surface area contributed by atoms with Crippen molar-refractivity contribution in [1.82, 2.24) is 9.62 Å². The number of rotatable bonds is 10. The van der Waals surface area contributed by atoms with Crippen LogP contribution in [0.25, 0.3) is 0 Å². The van der Waals surface area contributed by atoms with E-state index in [0.717, 1.165) is 0 Å². The number of sulfonamides is 1.